The number of aromatic nitrogens is 2. The number of hydrogen-bond acceptors (Lipinski definition) is 8. The van der Waals surface area contributed by atoms with E-state index < -0.39 is 36.4 Å². The SMILES string of the molecule is CC[C@@H](Oc1ccc(C(=O)C2CC2)cc1)c1nc(-c2ccc(C(=O)NC(CO)C(N)=O)c(F)c2)no1. The van der Waals surface area contributed by atoms with Gasteiger partial charge >= 0.3 is 0 Å². The minimum absolute atomic E-state index is 0.0913. The van der Waals surface area contributed by atoms with Crippen molar-refractivity contribution in [1.82, 2.24) is 15.5 Å². The first kappa shape index (κ1) is 25.0. The van der Waals surface area contributed by atoms with E-state index in [1.807, 2.05) is 6.92 Å². The van der Waals surface area contributed by atoms with Crippen molar-refractivity contribution in [2.45, 2.75) is 38.3 Å². The summed E-state index contributed by atoms with van der Waals surface area (Å²) in [6.07, 6.45) is 1.81. The Morgan fingerprint density at radius 2 is 1.94 bits per heavy atom. The van der Waals surface area contributed by atoms with Crippen LogP contribution in [-0.2, 0) is 4.79 Å². The summed E-state index contributed by atoms with van der Waals surface area (Å²) >= 11 is 0. The summed E-state index contributed by atoms with van der Waals surface area (Å²) in [6, 6.07) is 9.23. The molecule has 1 fully saturated rings. The van der Waals surface area contributed by atoms with Gasteiger partial charge in [-0.15, -0.1) is 0 Å². The molecule has 1 unspecified atom stereocenters. The number of benzene rings is 2. The van der Waals surface area contributed by atoms with Crippen LogP contribution in [0.25, 0.3) is 11.4 Å². The Morgan fingerprint density at radius 3 is 2.53 bits per heavy atom. The number of amides is 2. The number of aliphatic hydroxyl groups is 1. The predicted octanol–water partition coefficient (Wildman–Crippen LogP) is 2.57. The number of halogens is 1. The van der Waals surface area contributed by atoms with Crippen LogP contribution in [0.15, 0.2) is 47.0 Å². The molecule has 1 aliphatic carbocycles. The van der Waals surface area contributed by atoms with Crippen molar-refractivity contribution in [3.05, 3.63) is 65.3 Å². The van der Waals surface area contributed by atoms with Crippen LogP contribution in [0.5, 0.6) is 5.75 Å². The third kappa shape index (κ3) is 5.57. The zero-order valence-corrected chi connectivity index (χ0v) is 19.4. The summed E-state index contributed by atoms with van der Waals surface area (Å²) in [5, 5.41) is 15.2. The van der Waals surface area contributed by atoms with Crippen LogP contribution in [-0.4, -0.2) is 45.5 Å². The Labute approximate surface area is 205 Å². The molecule has 1 heterocycles. The molecule has 4 rings (SSSR count). The first-order valence-corrected chi connectivity index (χ1v) is 11.5. The van der Waals surface area contributed by atoms with Gasteiger partial charge in [-0.05, 0) is 55.7 Å². The second-order valence-electron chi connectivity index (χ2n) is 8.44. The van der Waals surface area contributed by atoms with E-state index in [1.54, 1.807) is 24.3 Å². The number of Topliss-reactive ketones (excluding diaryl/α,β-unsaturated/α-hetero) is 1. The van der Waals surface area contributed by atoms with Crippen LogP contribution in [0.4, 0.5) is 4.39 Å². The molecule has 188 valence electrons. The lowest BCUT2D eigenvalue weighted by atomic mass is 10.1. The van der Waals surface area contributed by atoms with Gasteiger partial charge in [0.15, 0.2) is 11.9 Å². The van der Waals surface area contributed by atoms with Crippen molar-refractivity contribution in [2.24, 2.45) is 11.7 Å². The van der Waals surface area contributed by atoms with Crippen molar-refractivity contribution in [3.8, 4) is 17.1 Å². The van der Waals surface area contributed by atoms with Crippen LogP contribution in [0, 0.1) is 11.7 Å². The molecule has 0 saturated heterocycles. The van der Waals surface area contributed by atoms with Crippen molar-refractivity contribution >= 4 is 17.6 Å². The zero-order chi connectivity index (χ0) is 25.8. The van der Waals surface area contributed by atoms with Gasteiger partial charge in [-0.1, -0.05) is 18.1 Å². The molecule has 10 nitrogen and oxygen atoms in total. The molecule has 4 N–H and O–H groups in total. The molecular weight excluding hydrogens is 471 g/mol. The second-order valence-corrected chi connectivity index (χ2v) is 8.44. The summed E-state index contributed by atoms with van der Waals surface area (Å²) in [7, 11) is 0. The van der Waals surface area contributed by atoms with Crippen LogP contribution in [0.2, 0.25) is 0 Å². The Morgan fingerprint density at radius 1 is 1.22 bits per heavy atom. The molecule has 2 atom stereocenters. The van der Waals surface area contributed by atoms with E-state index in [9.17, 15) is 18.8 Å². The topological polar surface area (TPSA) is 158 Å². The Hall–Kier alpha value is -4.12. The molecule has 0 radical (unpaired) electrons. The Balaban J connectivity index is 1.45. The highest BCUT2D eigenvalue weighted by Crippen LogP contribution is 2.33. The Bertz CT molecular complexity index is 1270. The molecule has 0 bridgehead atoms. The van der Waals surface area contributed by atoms with Gasteiger partial charge in [0, 0.05) is 17.0 Å². The lowest BCUT2D eigenvalue weighted by molar-refractivity contribution is -0.120. The van der Waals surface area contributed by atoms with Crippen LogP contribution in [0.1, 0.15) is 58.9 Å². The second kappa shape index (κ2) is 10.6. The highest BCUT2D eigenvalue weighted by atomic mass is 19.1. The maximum Gasteiger partial charge on any atom is 0.268 e. The number of nitrogens with two attached hydrogens (primary N) is 1. The summed E-state index contributed by atoms with van der Waals surface area (Å²) in [5.41, 5.74) is 5.63. The fourth-order valence-electron chi connectivity index (χ4n) is 3.52. The minimum atomic E-state index is -1.34. The van der Waals surface area contributed by atoms with E-state index in [0.717, 1.165) is 18.9 Å². The van der Waals surface area contributed by atoms with Gasteiger partial charge < -0.3 is 25.4 Å². The van der Waals surface area contributed by atoms with Gasteiger partial charge in [0.05, 0.1) is 12.2 Å². The molecule has 1 aliphatic rings. The lowest BCUT2D eigenvalue weighted by Gasteiger charge is -2.14. The maximum atomic E-state index is 14.6. The number of ether oxygens (including phenoxy) is 1. The lowest BCUT2D eigenvalue weighted by Crippen LogP contribution is -2.47. The first-order chi connectivity index (χ1) is 17.3. The van der Waals surface area contributed by atoms with Gasteiger partial charge in [-0.2, -0.15) is 4.98 Å². The maximum absolute atomic E-state index is 14.6. The average Bonchev–Trinajstić information content (AvgIpc) is 3.61. The predicted molar refractivity (Wildman–Crippen MR) is 124 cm³/mol. The molecular formula is C25H25FN4O6. The normalized spacial score (nSPS) is 14.6. The molecule has 36 heavy (non-hydrogen) atoms. The molecule has 2 amide bonds. The number of primary amides is 1. The minimum Gasteiger partial charge on any atom is -0.481 e. The van der Waals surface area contributed by atoms with Crippen molar-refractivity contribution < 1.29 is 33.1 Å². The third-order valence-electron chi connectivity index (χ3n) is 5.76. The number of nitrogens with one attached hydrogen (secondary N) is 1. The highest BCUT2D eigenvalue weighted by molar-refractivity contribution is 5.99. The van der Waals surface area contributed by atoms with Crippen LogP contribution >= 0.6 is 0 Å². The first-order valence-electron chi connectivity index (χ1n) is 11.5. The molecule has 0 aliphatic heterocycles. The van der Waals surface area contributed by atoms with Gasteiger partial charge in [0.1, 0.15) is 17.6 Å². The van der Waals surface area contributed by atoms with E-state index in [1.165, 1.54) is 12.1 Å². The number of rotatable bonds is 11. The monoisotopic (exact) mass is 496 g/mol. The summed E-state index contributed by atoms with van der Waals surface area (Å²) < 4.78 is 25.9. The van der Waals surface area contributed by atoms with E-state index in [2.05, 4.69) is 15.5 Å². The number of carbonyl (C=O) groups excluding carboxylic acids is 3. The number of hydrogen-bond donors (Lipinski definition) is 3. The molecule has 1 aromatic heterocycles. The largest absolute Gasteiger partial charge is 0.481 e. The molecule has 11 heteroatoms. The number of nitrogens with zero attached hydrogens (tertiary/aromatic N) is 2. The molecule has 1 saturated carbocycles. The van der Waals surface area contributed by atoms with Crippen LogP contribution < -0.4 is 15.8 Å². The van der Waals surface area contributed by atoms with Crippen molar-refractivity contribution in [2.75, 3.05) is 6.61 Å². The van der Waals surface area contributed by atoms with E-state index in [4.69, 9.17) is 20.1 Å². The number of aliphatic hydroxyl groups excluding tert-OH is 1. The van der Waals surface area contributed by atoms with Crippen LogP contribution in [0.3, 0.4) is 0 Å². The van der Waals surface area contributed by atoms with Gasteiger partial charge in [-0.25, -0.2) is 4.39 Å². The van der Waals surface area contributed by atoms with Gasteiger partial charge in [0.25, 0.3) is 11.8 Å². The third-order valence-corrected chi connectivity index (χ3v) is 5.76. The van der Waals surface area contributed by atoms with E-state index >= 15 is 0 Å². The smallest absolute Gasteiger partial charge is 0.268 e. The number of ketones is 1. The fraction of sp³-hybridized carbons (Fsp3) is 0.320. The zero-order valence-electron chi connectivity index (χ0n) is 19.4. The molecule has 2 aromatic carbocycles. The number of carbonyl (C=O) groups is 3. The van der Waals surface area contributed by atoms with Crippen molar-refractivity contribution in [1.29, 1.82) is 0 Å². The quantitative estimate of drug-likeness (QED) is 0.342. The van der Waals surface area contributed by atoms with Crippen molar-refractivity contribution in [3.63, 3.8) is 0 Å². The Kier molecular flexibility index (Phi) is 7.39. The summed E-state index contributed by atoms with van der Waals surface area (Å²) in [6.45, 7) is 1.16. The van der Waals surface area contributed by atoms with E-state index in [0.29, 0.717) is 17.7 Å². The average molecular weight is 496 g/mol. The summed E-state index contributed by atoms with van der Waals surface area (Å²) in [4.78, 5) is 39.9. The standard InChI is InChI=1S/C25H25FN4O6/c1-2-20(35-16-8-5-14(6-9-16)21(32)13-3-4-13)25-29-23(30-36-25)15-7-10-17(18(26)11-15)24(34)28-19(12-31)22(27)33/h5-11,13,19-20,31H,2-4,12H2,1H3,(H2,27,33)(H,28,34)/t19?,20-/m1/s1. The van der Waals surface area contributed by atoms with E-state index in [-0.39, 0.29) is 34.5 Å². The highest BCUT2D eigenvalue weighted by Gasteiger charge is 2.30. The molecule has 3 aromatic rings. The molecule has 0 spiro atoms. The van der Waals surface area contributed by atoms with Gasteiger partial charge in [0.2, 0.25) is 11.7 Å². The summed E-state index contributed by atoms with van der Waals surface area (Å²) in [5.74, 6) is -1.65. The fourth-order valence-corrected chi connectivity index (χ4v) is 3.52. The van der Waals surface area contributed by atoms with Gasteiger partial charge in [-0.3, -0.25) is 14.4 Å².